The molecule has 2 N–H and O–H groups in total. The van der Waals surface area contributed by atoms with E-state index >= 15 is 0 Å². The van der Waals surface area contributed by atoms with Crippen LogP contribution >= 0.6 is 0 Å². The van der Waals surface area contributed by atoms with Crippen LogP contribution in [-0.2, 0) is 16.0 Å². The molecule has 0 heterocycles. The normalized spacial score (nSPS) is 11.5. The molecular weight excluding hydrogens is 380 g/mol. The van der Waals surface area contributed by atoms with Crippen LogP contribution in [0.2, 0.25) is 0 Å². The highest BCUT2D eigenvalue weighted by molar-refractivity contribution is 6.39. The molecular formula is C24H32N2O4. The maximum atomic E-state index is 12.3. The maximum Gasteiger partial charge on any atom is 0.313 e. The lowest BCUT2D eigenvalue weighted by atomic mass is 10.1. The van der Waals surface area contributed by atoms with E-state index in [1.165, 1.54) is 0 Å². The topological polar surface area (TPSA) is 76.7 Å². The standard InChI is InChI=1S/C24H32N2O4/c1-5-7-8-15-30-21-14-11-19(16-22(21)29-4)17(3)25-23(27)24(28)26-20-12-9-18(6-2)10-13-20/h9-14,16-17H,5-8,15H2,1-4H3,(H,25,27)(H,26,28). The zero-order chi connectivity index (χ0) is 21.9. The Morgan fingerprint density at radius 1 is 0.967 bits per heavy atom. The van der Waals surface area contributed by atoms with Gasteiger partial charge in [-0.25, -0.2) is 0 Å². The largest absolute Gasteiger partial charge is 0.493 e. The van der Waals surface area contributed by atoms with Crippen LogP contribution in [0, 0.1) is 0 Å². The summed E-state index contributed by atoms with van der Waals surface area (Å²) in [6, 6.07) is 12.6. The SMILES string of the molecule is CCCCCOc1ccc(C(C)NC(=O)C(=O)Nc2ccc(CC)cc2)cc1OC. The molecule has 0 fully saturated rings. The summed E-state index contributed by atoms with van der Waals surface area (Å²) in [5.74, 6) is -0.121. The van der Waals surface area contributed by atoms with Gasteiger partial charge < -0.3 is 20.1 Å². The lowest BCUT2D eigenvalue weighted by Crippen LogP contribution is -2.36. The number of carbonyl (C=O) groups excluding carboxylic acids is 2. The number of ether oxygens (including phenoxy) is 2. The molecule has 1 unspecified atom stereocenters. The van der Waals surface area contributed by atoms with Crippen LogP contribution in [0.25, 0.3) is 0 Å². The van der Waals surface area contributed by atoms with Crippen LogP contribution in [0.3, 0.4) is 0 Å². The van der Waals surface area contributed by atoms with Gasteiger partial charge in [0.15, 0.2) is 11.5 Å². The van der Waals surface area contributed by atoms with Gasteiger partial charge in [-0.05, 0) is 55.2 Å². The van der Waals surface area contributed by atoms with Gasteiger partial charge in [-0.3, -0.25) is 9.59 Å². The van der Waals surface area contributed by atoms with Gasteiger partial charge in [0.1, 0.15) is 0 Å². The summed E-state index contributed by atoms with van der Waals surface area (Å²) in [6.07, 6.45) is 4.16. The number of unbranched alkanes of at least 4 members (excludes halogenated alkanes) is 2. The Bertz CT molecular complexity index is 834. The van der Waals surface area contributed by atoms with Crippen molar-refractivity contribution in [1.82, 2.24) is 5.32 Å². The van der Waals surface area contributed by atoms with E-state index in [0.717, 1.165) is 36.8 Å². The lowest BCUT2D eigenvalue weighted by Gasteiger charge is -2.17. The average Bonchev–Trinajstić information content (AvgIpc) is 2.77. The van der Waals surface area contributed by atoms with Gasteiger partial charge in [-0.1, -0.05) is 44.9 Å². The molecule has 6 heteroatoms. The molecule has 6 nitrogen and oxygen atoms in total. The van der Waals surface area contributed by atoms with Crippen molar-refractivity contribution in [3.63, 3.8) is 0 Å². The predicted molar refractivity (Wildman–Crippen MR) is 119 cm³/mol. The highest BCUT2D eigenvalue weighted by Crippen LogP contribution is 2.30. The number of carbonyl (C=O) groups is 2. The van der Waals surface area contributed by atoms with Crippen LogP contribution in [0.5, 0.6) is 11.5 Å². The monoisotopic (exact) mass is 412 g/mol. The number of methoxy groups -OCH3 is 1. The lowest BCUT2D eigenvalue weighted by molar-refractivity contribution is -0.136. The summed E-state index contributed by atoms with van der Waals surface area (Å²) in [5, 5.41) is 5.34. The molecule has 2 aromatic rings. The van der Waals surface area contributed by atoms with Crippen LogP contribution in [-0.4, -0.2) is 25.5 Å². The summed E-state index contributed by atoms with van der Waals surface area (Å²) in [5.41, 5.74) is 2.57. The number of benzene rings is 2. The van der Waals surface area contributed by atoms with Crippen molar-refractivity contribution in [2.24, 2.45) is 0 Å². The summed E-state index contributed by atoms with van der Waals surface area (Å²) in [6.45, 7) is 6.66. The molecule has 30 heavy (non-hydrogen) atoms. The first kappa shape index (κ1) is 23.3. The summed E-state index contributed by atoms with van der Waals surface area (Å²) in [4.78, 5) is 24.5. The minimum atomic E-state index is -0.700. The summed E-state index contributed by atoms with van der Waals surface area (Å²) >= 11 is 0. The van der Waals surface area contributed by atoms with Crippen LogP contribution < -0.4 is 20.1 Å². The molecule has 2 aromatic carbocycles. The summed E-state index contributed by atoms with van der Waals surface area (Å²) in [7, 11) is 1.58. The molecule has 2 amide bonds. The Morgan fingerprint density at radius 3 is 2.33 bits per heavy atom. The van der Waals surface area contributed by atoms with Crippen LogP contribution in [0.15, 0.2) is 42.5 Å². The number of hydrogen-bond acceptors (Lipinski definition) is 4. The Labute approximate surface area is 179 Å². The van der Waals surface area contributed by atoms with E-state index in [9.17, 15) is 9.59 Å². The third-order valence-electron chi connectivity index (χ3n) is 4.87. The van der Waals surface area contributed by atoms with Crippen molar-refractivity contribution < 1.29 is 19.1 Å². The van der Waals surface area contributed by atoms with Crippen molar-refractivity contribution in [2.45, 2.75) is 52.5 Å². The van der Waals surface area contributed by atoms with Gasteiger partial charge in [-0.2, -0.15) is 0 Å². The van der Waals surface area contributed by atoms with Crippen molar-refractivity contribution in [3.05, 3.63) is 53.6 Å². The van der Waals surface area contributed by atoms with E-state index in [-0.39, 0.29) is 6.04 Å². The van der Waals surface area contributed by atoms with Crippen molar-refractivity contribution in [2.75, 3.05) is 19.0 Å². The first-order valence-electron chi connectivity index (χ1n) is 10.5. The minimum absolute atomic E-state index is 0.367. The molecule has 0 aromatic heterocycles. The van der Waals surface area contributed by atoms with E-state index in [1.807, 2.05) is 37.3 Å². The highest BCUT2D eigenvalue weighted by atomic mass is 16.5. The second-order valence-electron chi connectivity index (χ2n) is 7.17. The number of amides is 2. The molecule has 0 spiro atoms. The zero-order valence-corrected chi connectivity index (χ0v) is 18.3. The molecule has 0 aliphatic rings. The number of anilines is 1. The molecule has 1 atom stereocenters. The molecule has 0 saturated heterocycles. The first-order valence-corrected chi connectivity index (χ1v) is 10.5. The number of nitrogens with one attached hydrogen (secondary N) is 2. The van der Waals surface area contributed by atoms with Crippen molar-refractivity contribution in [3.8, 4) is 11.5 Å². The third-order valence-corrected chi connectivity index (χ3v) is 4.87. The second kappa shape index (κ2) is 11.9. The van der Waals surface area contributed by atoms with Gasteiger partial charge in [-0.15, -0.1) is 0 Å². The highest BCUT2D eigenvalue weighted by Gasteiger charge is 2.18. The fourth-order valence-electron chi connectivity index (χ4n) is 2.96. The van der Waals surface area contributed by atoms with Gasteiger partial charge in [0.05, 0.1) is 19.8 Å². The zero-order valence-electron chi connectivity index (χ0n) is 18.3. The van der Waals surface area contributed by atoms with E-state index in [4.69, 9.17) is 9.47 Å². The fourth-order valence-corrected chi connectivity index (χ4v) is 2.96. The molecule has 2 rings (SSSR count). The molecule has 0 aliphatic carbocycles. The second-order valence-corrected chi connectivity index (χ2v) is 7.17. The van der Waals surface area contributed by atoms with Crippen molar-refractivity contribution in [1.29, 1.82) is 0 Å². The van der Waals surface area contributed by atoms with E-state index in [1.54, 1.807) is 19.2 Å². The molecule has 0 bridgehead atoms. The maximum absolute atomic E-state index is 12.3. The van der Waals surface area contributed by atoms with Gasteiger partial charge >= 0.3 is 11.8 Å². The average molecular weight is 413 g/mol. The molecule has 0 saturated carbocycles. The quantitative estimate of drug-likeness (QED) is 0.440. The third kappa shape index (κ3) is 6.79. The van der Waals surface area contributed by atoms with E-state index in [2.05, 4.69) is 24.5 Å². The molecule has 162 valence electrons. The van der Waals surface area contributed by atoms with Gasteiger partial charge in [0.2, 0.25) is 0 Å². The Kier molecular flexibility index (Phi) is 9.19. The Hall–Kier alpha value is -3.02. The molecule has 0 radical (unpaired) electrons. The van der Waals surface area contributed by atoms with Gasteiger partial charge in [0, 0.05) is 5.69 Å². The van der Waals surface area contributed by atoms with Gasteiger partial charge in [0.25, 0.3) is 0 Å². The van der Waals surface area contributed by atoms with Crippen LogP contribution in [0.1, 0.15) is 57.2 Å². The smallest absolute Gasteiger partial charge is 0.313 e. The summed E-state index contributed by atoms with van der Waals surface area (Å²) < 4.78 is 11.2. The van der Waals surface area contributed by atoms with Crippen LogP contribution in [0.4, 0.5) is 5.69 Å². The fraction of sp³-hybridized carbons (Fsp3) is 0.417. The number of aryl methyl sites for hydroxylation is 1. The Balaban J connectivity index is 1.95. The Morgan fingerprint density at radius 2 is 1.70 bits per heavy atom. The van der Waals surface area contributed by atoms with Crippen molar-refractivity contribution >= 4 is 17.5 Å². The minimum Gasteiger partial charge on any atom is -0.493 e. The predicted octanol–water partition coefficient (Wildman–Crippen LogP) is 4.64. The van der Waals surface area contributed by atoms with E-state index in [0.29, 0.717) is 23.8 Å². The van der Waals surface area contributed by atoms with E-state index < -0.39 is 11.8 Å². The molecule has 0 aliphatic heterocycles. The number of hydrogen-bond donors (Lipinski definition) is 2. The first-order chi connectivity index (χ1) is 14.5. The number of rotatable bonds is 10.